The van der Waals surface area contributed by atoms with Gasteiger partial charge in [-0.05, 0) is 91.6 Å². The second kappa shape index (κ2) is 7.50. The first kappa shape index (κ1) is 19.0. The number of benzene rings is 5. The number of hydrogen-bond donors (Lipinski definition) is 0. The number of fused-ring (bicyclic) bond motifs is 4. The van der Waals surface area contributed by atoms with Crippen LogP contribution in [-0.4, -0.2) is 9.97 Å². The van der Waals surface area contributed by atoms with Crippen LogP contribution in [0.1, 0.15) is 0 Å². The van der Waals surface area contributed by atoms with E-state index in [4.69, 9.17) is 9.97 Å². The van der Waals surface area contributed by atoms with Crippen molar-refractivity contribution < 1.29 is 0 Å². The topological polar surface area (TPSA) is 25.8 Å². The number of rotatable bonds is 2. The Morgan fingerprint density at radius 3 is 0.971 bits per heavy atom. The van der Waals surface area contributed by atoms with E-state index in [1.54, 1.807) is 0 Å². The Bertz CT molecular complexity index is 1610. The molecule has 0 aliphatic carbocycles. The van der Waals surface area contributed by atoms with Gasteiger partial charge in [-0.2, -0.15) is 0 Å². The Labute approximate surface area is 197 Å². The third-order valence-electron chi connectivity index (χ3n) is 6.69. The molecular formula is C32H20N2. The number of nitrogens with zero attached hydrogens (tertiary/aromatic N) is 2. The van der Waals surface area contributed by atoms with Gasteiger partial charge >= 0.3 is 0 Å². The smallest absolute Gasteiger partial charge is 0.0714 e. The average Bonchev–Trinajstić information content (AvgIpc) is 2.90. The average molecular weight is 433 g/mol. The SMILES string of the molecule is c1ccc(-c2c3cc4ccccc4cc3c(-c3ccccn3)c3cc4ccccc4cc23)nc1. The summed E-state index contributed by atoms with van der Waals surface area (Å²) in [5, 5.41) is 9.67. The highest BCUT2D eigenvalue weighted by Gasteiger charge is 2.19. The second-order valence-electron chi connectivity index (χ2n) is 8.67. The van der Waals surface area contributed by atoms with Crippen LogP contribution in [0, 0.1) is 0 Å². The van der Waals surface area contributed by atoms with Crippen LogP contribution in [0.25, 0.3) is 65.6 Å². The zero-order chi connectivity index (χ0) is 22.5. The molecule has 2 heteroatoms. The van der Waals surface area contributed by atoms with Gasteiger partial charge in [0, 0.05) is 23.5 Å². The fraction of sp³-hybridized carbons (Fsp3) is 0. The van der Waals surface area contributed by atoms with Crippen LogP contribution in [0.15, 0.2) is 122 Å². The number of aromatic nitrogens is 2. The molecule has 0 radical (unpaired) electrons. The lowest BCUT2D eigenvalue weighted by Gasteiger charge is -2.18. The van der Waals surface area contributed by atoms with E-state index in [0.29, 0.717) is 0 Å². The van der Waals surface area contributed by atoms with Gasteiger partial charge in [-0.15, -0.1) is 0 Å². The summed E-state index contributed by atoms with van der Waals surface area (Å²) in [5.74, 6) is 0. The van der Waals surface area contributed by atoms with Crippen LogP contribution >= 0.6 is 0 Å². The van der Waals surface area contributed by atoms with Crippen molar-refractivity contribution in [2.45, 2.75) is 0 Å². The highest BCUT2D eigenvalue weighted by Crippen LogP contribution is 2.45. The minimum atomic E-state index is 0.982. The quantitative estimate of drug-likeness (QED) is 0.256. The summed E-state index contributed by atoms with van der Waals surface area (Å²) in [4.78, 5) is 9.59. The van der Waals surface area contributed by atoms with Gasteiger partial charge in [0.05, 0.1) is 11.4 Å². The summed E-state index contributed by atoms with van der Waals surface area (Å²) in [6.07, 6.45) is 3.75. The summed E-state index contributed by atoms with van der Waals surface area (Å²) in [6.45, 7) is 0. The van der Waals surface area contributed by atoms with Gasteiger partial charge in [-0.3, -0.25) is 9.97 Å². The molecule has 0 fully saturated rings. The Hall–Kier alpha value is -4.56. The van der Waals surface area contributed by atoms with Gasteiger partial charge < -0.3 is 0 Å². The van der Waals surface area contributed by atoms with E-state index in [0.717, 1.165) is 11.4 Å². The van der Waals surface area contributed by atoms with Crippen molar-refractivity contribution in [2.75, 3.05) is 0 Å². The van der Waals surface area contributed by atoms with Crippen molar-refractivity contribution in [3.05, 3.63) is 122 Å². The van der Waals surface area contributed by atoms with Crippen molar-refractivity contribution >= 4 is 43.1 Å². The van der Waals surface area contributed by atoms with Gasteiger partial charge in [0.25, 0.3) is 0 Å². The van der Waals surface area contributed by atoms with Crippen LogP contribution in [0.2, 0.25) is 0 Å². The molecule has 0 aliphatic rings. The van der Waals surface area contributed by atoms with E-state index in [-0.39, 0.29) is 0 Å². The Morgan fingerprint density at radius 2 is 0.676 bits per heavy atom. The molecule has 0 amide bonds. The number of pyridine rings is 2. The van der Waals surface area contributed by atoms with Gasteiger partial charge in [0.2, 0.25) is 0 Å². The maximum Gasteiger partial charge on any atom is 0.0714 e. The van der Waals surface area contributed by atoms with Crippen molar-refractivity contribution in [3.8, 4) is 22.5 Å². The minimum absolute atomic E-state index is 0.982. The predicted molar refractivity (Wildman–Crippen MR) is 143 cm³/mol. The summed E-state index contributed by atoms with van der Waals surface area (Å²) in [7, 11) is 0. The lowest BCUT2D eigenvalue weighted by atomic mass is 9.86. The van der Waals surface area contributed by atoms with E-state index in [1.807, 2.05) is 24.5 Å². The summed E-state index contributed by atoms with van der Waals surface area (Å²) >= 11 is 0. The summed E-state index contributed by atoms with van der Waals surface area (Å²) in [5.41, 5.74) is 4.30. The van der Waals surface area contributed by atoms with E-state index in [9.17, 15) is 0 Å². The summed E-state index contributed by atoms with van der Waals surface area (Å²) < 4.78 is 0. The van der Waals surface area contributed by atoms with Gasteiger partial charge in [-0.1, -0.05) is 60.7 Å². The zero-order valence-corrected chi connectivity index (χ0v) is 18.4. The highest BCUT2D eigenvalue weighted by atomic mass is 14.7. The Morgan fingerprint density at radius 1 is 0.353 bits per heavy atom. The summed E-state index contributed by atoms with van der Waals surface area (Å²) in [6, 6.07) is 38.7. The first-order chi connectivity index (χ1) is 16.9. The highest BCUT2D eigenvalue weighted by molar-refractivity contribution is 6.24. The van der Waals surface area contributed by atoms with Gasteiger partial charge in [0.15, 0.2) is 0 Å². The maximum atomic E-state index is 4.80. The molecule has 0 spiro atoms. The monoisotopic (exact) mass is 432 g/mol. The molecule has 0 saturated carbocycles. The molecule has 0 atom stereocenters. The molecule has 0 bridgehead atoms. The molecular weight excluding hydrogens is 412 g/mol. The van der Waals surface area contributed by atoms with E-state index < -0.39 is 0 Å². The fourth-order valence-corrected chi connectivity index (χ4v) is 5.17. The molecule has 2 aromatic heterocycles. The van der Waals surface area contributed by atoms with Crippen LogP contribution in [0.3, 0.4) is 0 Å². The molecule has 34 heavy (non-hydrogen) atoms. The van der Waals surface area contributed by atoms with Crippen molar-refractivity contribution in [2.24, 2.45) is 0 Å². The molecule has 7 aromatic rings. The van der Waals surface area contributed by atoms with E-state index >= 15 is 0 Å². The molecule has 0 N–H and O–H groups in total. The lowest BCUT2D eigenvalue weighted by Crippen LogP contribution is -1.94. The second-order valence-corrected chi connectivity index (χ2v) is 8.67. The predicted octanol–water partition coefficient (Wildman–Crippen LogP) is 8.42. The maximum absolute atomic E-state index is 4.80. The molecule has 0 aliphatic heterocycles. The molecule has 5 aromatic carbocycles. The standard InChI is InChI=1S/C32H20N2/c1-2-10-22-18-26-25(17-21(22)9-1)31(29-13-5-7-15-33-29)27-19-23-11-3-4-12-24(23)20-28(27)32(26)30-14-6-8-16-34-30/h1-20H. The molecule has 0 unspecified atom stereocenters. The Kier molecular flexibility index (Phi) is 4.18. The zero-order valence-electron chi connectivity index (χ0n) is 18.4. The van der Waals surface area contributed by atoms with Gasteiger partial charge in [0.1, 0.15) is 0 Å². The van der Waals surface area contributed by atoms with Crippen molar-refractivity contribution in [3.63, 3.8) is 0 Å². The third-order valence-corrected chi connectivity index (χ3v) is 6.69. The van der Waals surface area contributed by atoms with E-state index in [1.165, 1.54) is 54.2 Å². The van der Waals surface area contributed by atoms with Crippen LogP contribution in [0.5, 0.6) is 0 Å². The first-order valence-corrected chi connectivity index (χ1v) is 11.5. The van der Waals surface area contributed by atoms with Crippen LogP contribution in [-0.2, 0) is 0 Å². The molecule has 2 heterocycles. The van der Waals surface area contributed by atoms with Gasteiger partial charge in [-0.25, -0.2) is 0 Å². The lowest BCUT2D eigenvalue weighted by molar-refractivity contribution is 1.33. The Balaban J connectivity index is 1.79. The molecule has 2 nitrogen and oxygen atoms in total. The van der Waals surface area contributed by atoms with E-state index in [2.05, 4.69) is 97.1 Å². The number of hydrogen-bond acceptors (Lipinski definition) is 2. The fourth-order valence-electron chi connectivity index (χ4n) is 5.17. The minimum Gasteiger partial charge on any atom is -0.256 e. The molecule has 7 rings (SSSR count). The molecule has 158 valence electrons. The molecule has 0 saturated heterocycles. The van der Waals surface area contributed by atoms with Crippen LogP contribution < -0.4 is 0 Å². The first-order valence-electron chi connectivity index (χ1n) is 11.5. The largest absolute Gasteiger partial charge is 0.256 e. The normalized spacial score (nSPS) is 11.5. The van der Waals surface area contributed by atoms with Crippen molar-refractivity contribution in [1.29, 1.82) is 0 Å². The van der Waals surface area contributed by atoms with Crippen LogP contribution in [0.4, 0.5) is 0 Å². The van der Waals surface area contributed by atoms with Crippen molar-refractivity contribution in [1.82, 2.24) is 9.97 Å². The third kappa shape index (κ3) is 2.89.